The van der Waals surface area contributed by atoms with Crippen LogP contribution in [-0.4, -0.2) is 14.5 Å². The van der Waals surface area contributed by atoms with Crippen LogP contribution in [-0.2, 0) is 0 Å². The molecule has 0 aliphatic heterocycles. The molecular weight excluding hydrogens is 327 g/mol. The van der Waals surface area contributed by atoms with E-state index in [4.69, 9.17) is 0 Å². The van der Waals surface area contributed by atoms with Crippen molar-refractivity contribution >= 4 is 55.3 Å². The zero-order valence-corrected chi connectivity index (χ0v) is 12.6. The molecule has 0 amide bonds. The summed E-state index contributed by atoms with van der Waals surface area (Å²) >= 11 is 0.0369. The molecule has 5 rings (SSSR count). The average Bonchev–Trinajstić information content (AvgIpc) is 3.12. The van der Waals surface area contributed by atoms with Gasteiger partial charge in [-0.15, -0.1) is 0 Å². The molecular formula is C18H8O2Se. The summed E-state index contributed by atoms with van der Waals surface area (Å²) in [4.78, 5) is 25.4. The Balaban J connectivity index is 2.23. The summed E-state index contributed by atoms with van der Waals surface area (Å²) < 4.78 is 2.19. The molecule has 5 aromatic rings. The maximum absolute atomic E-state index is 12.7. The maximum atomic E-state index is 12.7. The first kappa shape index (κ1) is 11.4. The third-order valence-electron chi connectivity index (χ3n) is 4.20. The molecule has 0 aliphatic carbocycles. The van der Waals surface area contributed by atoms with Crippen LogP contribution in [0.2, 0.25) is 0 Å². The van der Waals surface area contributed by atoms with Crippen molar-refractivity contribution in [3.63, 3.8) is 0 Å². The molecule has 3 heteroatoms. The molecule has 2 nitrogen and oxygen atoms in total. The Bertz CT molecular complexity index is 1170. The van der Waals surface area contributed by atoms with Crippen molar-refractivity contribution in [2.45, 2.75) is 0 Å². The summed E-state index contributed by atoms with van der Waals surface area (Å²) in [5, 5.41) is 4.90. The Hall–Kier alpha value is -2.22. The van der Waals surface area contributed by atoms with Crippen LogP contribution in [0, 0.1) is 0 Å². The molecule has 4 aromatic carbocycles. The normalized spacial score (nSPS) is 12.2. The minimum atomic E-state index is 0.0219. The second-order valence-electron chi connectivity index (χ2n) is 5.26. The van der Waals surface area contributed by atoms with E-state index in [0.29, 0.717) is 10.8 Å². The molecule has 0 aliphatic rings. The fourth-order valence-corrected chi connectivity index (χ4v) is 6.15. The standard InChI is InChI=1S/C18H8O2Se/c19-15-9-5-1-3-7-11(9)17-13(15)14-16(20)10-6-2-4-8-12(10)18(14)21-17/h1-8H. The molecule has 0 radical (unpaired) electrons. The van der Waals surface area contributed by atoms with Gasteiger partial charge in [0.15, 0.2) is 0 Å². The van der Waals surface area contributed by atoms with Crippen LogP contribution in [0.3, 0.4) is 0 Å². The molecule has 98 valence electrons. The van der Waals surface area contributed by atoms with Gasteiger partial charge in [0.1, 0.15) is 0 Å². The van der Waals surface area contributed by atoms with E-state index in [9.17, 15) is 9.59 Å². The quantitative estimate of drug-likeness (QED) is 0.408. The van der Waals surface area contributed by atoms with Crippen LogP contribution in [0.1, 0.15) is 0 Å². The van der Waals surface area contributed by atoms with Gasteiger partial charge in [0.2, 0.25) is 0 Å². The molecule has 0 N–H and O–H groups in total. The van der Waals surface area contributed by atoms with Crippen molar-refractivity contribution in [2.24, 2.45) is 0 Å². The van der Waals surface area contributed by atoms with Gasteiger partial charge in [-0.1, -0.05) is 0 Å². The molecule has 1 aromatic heterocycles. The third-order valence-corrected chi connectivity index (χ3v) is 6.83. The average molecular weight is 335 g/mol. The second kappa shape index (κ2) is 3.70. The Morgan fingerprint density at radius 3 is 1.38 bits per heavy atom. The van der Waals surface area contributed by atoms with Crippen molar-refractivity contribution in [1.82, 2.24) is 0 Å². The SMILES string of the molecule is O=c1c2ccccc2c2[se]c3c4ccccc4c(=O)c3c12. The molecule has 21 heavy (non-hydrogen) atoms. The predicted octanol–water partition coefficient (Wildman–Crippen LogP) is 2.95. The van der Waals surface area contributed by atoms with Crippen LogP contribution in [0.5, 0.6) is 0 Å². The Kier molecular flexibility index (Phi) is 2.02. The number of hydrogen-bond donors (Lipinski definition) is 0. The summed E-state index contributed by atoms with van der Waals surface area (Å²) in [5.41, 5.74) is 0.0438. The number of fused-ring (bicyclic) bond motifs is 7. The van der Waals surface area contributed by atoms with Crippen LogP contribution in [0.25, 0.3) is 40.8 Å². The van der Waals surface area contributed by atoms with Gasteiger partial charge in [-0.05, 0) is 0 Å². The van der Waals surface area contributed by atoms with Crippen LogP contribution in [0.15, 0.2) is 58.1 Å². The van der Waals surface area contributed by atoms with Gasteiger partial charge >= 0.3 is 124 Å². The molecule has 0 unspecified atom stereocenters. The van der Waals surface area contributed by atoms with Crippen molar-refractivity contribution in [3.05, 3.63) is 69.0 Å². The fourth-order valence-electron chi connectivity index (χ4n) is 3.27. The third kappa shape index (κ3) is 1.24. The summed E-state index contributed by atoms with van der Waals surface area (Å²) in [6.07, 6.45) is 0. The van der Waals surface area contributed by atoms with Crippen molar-refractivity contribution < 1.29 is 0 Å². The van der Waals surface area contributed by atoms with E-state index >= 15 is 0 Å². The molecule has 0 bridgehead atoms. The molecule has 0 fully saturated rings. The first-order valence-electron chi connectivity index (χ1n) is 6.72. The van der Waals surface area contributed by atoms with Gasteiger partial charge in [0, 0.05) is 0 Å². The van der Waals surface area contributed by atoms with E-state index in [2.05, 4.69) is 0 Å². The van der Waals surface area contributed by atoms with Crippen LogP contribution in [0.4, 0.5) is 0 Å². The van der Waals surface area contributed by atoms with E-state index < -0.39 is 0 Å². The van der Waals surface area contributed by atoms with Crippen molar-refractivity contribution in [1.29, 1.82) is 0 Å². The van der Waals surface area contributed by atoms with Gasteiger partial charge in [0.25, 0.3) is 0 Å². The predicted molar refractivity (Wildman–Crippen MR) is 88.3 cm³/mol. The van der Waals surface area contributed by atoms with E-state index in [-0.39, 0.29) is 25.4 Å². The molecule has 0 atom stereocenters. The fraction of sp³-hybridized carbons (Fsp3) is 0. The van der Waals surface area contributed by atoms with Crippen molar-refractivity contribution in [2.75, 3.05) is 0 Å². The van der Waals surface area contributed by atoms with Gasteiger partial charge in [-0.2, -0.15) is 0 Å². The van der Waals surface area contributed by atoms with E-state index in [1.165, 1.54) is 0 Å². The first-order valence-corrected chi connectivity index (χ1v) is 8.43. The summed E-state index contributed by atoms with van der Waals surface area (Å²) in [6, 6.07) is 15.4. The monoisotopic (exact) mass is 336 g/mol. The zero-order chi connectivity index (χ0) is 14.1. The van der Waals surface area contributed by atoms with Gasteiger partial charge < -0.3 is 0 Å². The van der Waals surface area contributed by atoms with E-state index in [0.717, 1.165) is 30.1 Å². The Labute approximate surface area is 124 Å². The first-order chi connectivity index (χ1) is 10.3. The van der Waals surface area contributed by atoms with Crippen LogP contribution >= 0.6 is 0 Å². The zero-order valence-electron chi connectivity index (χ0n) is 10.8. The van der Waals surface area contributed by atoms with E-state index in [1.54, 1.807) is 0 Å². The van der Waals surface area contributed by atoms with E-state index in [1.807, 2.05) is 48.5 Å². The Morgan fingerprint density at radius 2 is 0.952 bits per heavy atom. The Morgan fingerprint density at radius 1 is 0.571 bits per heavy atom. The van der Waals surface area contributed by atoms with Crippen molar-refractivity contribution in [3.8, 4) is 0 Å². The molecule has 0 spiro atoms. The minimum absolute atomic E-state index is 0.0219. The summed E-state index contributed by atoms with van der Waals surface area (Å²) in [5.74, 6) is 0. The topological polar surface area (TPSA) is 34.1 Å². The number of benzene rings is 2. The van der Waals surface area contributed by atoms with Gasteiger partial charge in [-0.25, -0.2) is 0 Å². The van der Waals surface area contributed by atoms with Crippen LogP contribution < -0.4 is 10.9 Å². The van der Waals surface area contributed by atoms with Gasteiger partial charge in [0.05, 0.1) is 0 Å². The molecule has 0 saturated carbocycles. The number of hydrogen-bond acceptors (Lipinski definition) is 2. The summed E-state index contributed by atoms with van der Waals surface area (Å²) in [7, 11) is 0. The molecule has 1 heterocycles. The second-order valence-corrected chi connectivity index (χ2v) is 7.40. The number of rotatable bonds is 0. The van der Waals surface area contributed by atoms with Gasteiger partial charge in [-0.3, -0.25) is 0 Å². The summed E-state index contributed by atoms with van der Waals surface area (Å²) in [6.45, 7) is 0. The molecule has 0 saturated heterocycles.